The predicted molar refractivity (Wildman–Crippen MR) is 70.5 cm³/mol. The summed E-state index contributed by atoms with van der Waals surface area (Å²) in [5.74, 6) is 0.737. The van der Waals surface area contributed by atoms with Gasteiger partial charge in [0.15, 0.2) is 0 Å². The molecule has 2 aliphatic rings. The molecule has 0 spiro atoms. The molecule has 2 heteroatoms. The van der Waals surface area contributed by atoms with Crippen molar-refractivity contribution in [1.29, 1.82) is 0 Å². The van der Waals surface area contributed by atoms with Crippen molar-refractivity contribution in [1.82, 2.24) is 9.88 Å². The molecule has 0 bridgehead atoms. The summed E-state index contributed by atoms with van der Waals surface area (Å²) in [6, 6.07) is 7.17. The van der Waals surface area contributed by atoms with Crippen molar-refractivity contribution in [2.45, 2.75) is 31.7 Å². The number of hydrogen-bond acceptors (Lipinski definition) is 1. The van der Waals surface area contributed by atoms with Crippen molar-refractivity contribution in [2.75, 3.05) is 13.1 Å². The van der Waals surface area contributed by atoms with Crippen molar-refractivity contribution in [3.8, 4) is 0 Å². The fraction of sp³-hybridized carbons (Fsp3) is 0.467. The van der Waals surface area contributed by atoms with Crippen LogP contribution in [0.2, 0.25) is 0 Å². The van der Waals surface area contributed by atoms with E-state index < -0.39 is 0 Å². The molecule has 1 unspecified atom stereocenters. The van der Waals surface area contributed by atoms with E-state index in [4.69, 9.17) is 0 Å². The smallest absolute Gasteiger partial charge is 0.0513 e. The molecule has 1 atom stereocenters. The van der Waals surface area contributed by atoms with E-state index in [0.717, 1.165) is 12.5 Å². The van der Waals surface area contributed by atoms with Crippen molar-refractivity contribution in [2.24, 2.45) is 0 Å². The van der Waals surface area contributed by atoms with Crippen molar-refractivity contribution in [3.63, 3.8) is 0 Å². The van der Waals surface area contributed by atoms with Gasteiger partial charge in [0.05, 0.1) is 5.52 Å². The first-order valence-electron chi connectivity index (χ1n) is 6.74. The Labute approximate surface area is 102 Å². The minimum Gasteiger partial charge on any atom is -0.347 e. The van der Waals surface area contributed by atoms with Gasteiger partial charge in [-0.25, -0.2) is 0 Å². The van der Waals surface area contributed by atoms with E-state index in [1.165, 1.54) is 43.3 Å². The van der Waals surface area contributed by atoms with E-state index in [1.807, 2.05) is 0 Å². The predicted octanol–water partition coefficient (Wildman–Crippen LogP) is 2.66. The maximum absolute atomic E-state index is 3.47. The largest absolute Gasteiger partial charge is 0.347 e. The Morgan fingerprint density at radius 2 is 2.29 bits per heavy atom. The number of aromatic nitrogens is 1. The quantitative estimate of drug-likeness (QED) is 0.791. The third-order valence-corrected chi connectivity index (χ3v) is 4.34. The van der Waals surface area contributed by atoms with Gasteiger partial charge in [0.25, 0.3) is 0 Å². The number of nitrogens with zero attached hydrogens (tertiary/aromatic N) is 1. The topological polar surface area (TPSA) is 17.0 Å². The molecule has 1 aromatic carbocycles. The number of benzene rings is 1. The fourth-order valence-electron chi connectivity index (χ4n) is 3.46. The van der Waals surface area contributed by atoms with E-state index in [2.05, 4.69) is 34.3 Å². The maximum Gasteiger partial charge on any atom is 0.0513 e. The van der Waals surface area contributed by atoms with E-state index in [1.54, 1.807) is 11.1 Å². The Hall–Kier alpha value is -1.28. The highest BCUT2D eigenvalue weighted by molar-refractivity contribution is 5.85. The van der Waals surface area contributed by atoms with Gasteiger partial charge in [-0.05, 0) is 55.0 Å². The van der Waals surface area contributed by atoms with Gasteiger partial charge in [0.1, 0.15) is 0 Å². The Morgan fingerprint density at radius 3 is 3.18 bits per heavy atom. The zero-order valence-corrected chi connectivity index (χ0v) is 10.1. The molecule has 17 heavy (non-hydrogen) atoms. The van der Waals surface area contributed by atoms with Gasteiger partial charge >= 0.3 is 0 Å². The van der Waals surface area contributed by atoms with Crippen LogP contribution in [0.5, 0.6) is 0 Å². The van der Waals surface area contributed by atoms with E-state index >= 15 is 0 Å². The van der Waals surface area contributed by atoms with Gasteiger partial charge in [0.2, 0.25) is 0 Å². The van der Waals surface area contributed by atoms with Crippen LogP contribution in [-0.2, 0) is 13.0 Å². The Bertz CT molecular complexity index is 562. The lowest BCUT2D eigenvalue weighted by molar-refractivity contribution is 0.634. The second-order valence-corrected chi connectivity index (χ2v) is 5.42. The molecule has 0 radical (unpaired) electrons. The number of nitrogens with one attached hydrogen (secondary N) is 1. The zero-order chi connectivity index (χ0) is 11.2. The Morgan fingerprint density at radius 1 is 1.29 bits per heavy atom. The molecule has 0 saturated carbocycles. The summed E-state index contributed by atoms with van der Waals surface area (Å²) in [4.78, 5) is 0. The molecule has 0 aliphatic carbocycles. The van der Waals surface area contributed by atoms with Crippen molar-refractivity contribution < 1.29 is 0 Å². The van der Waals surface area contributed by atoms with Crippen LogP contribution in [-0.4, -0.2) is 17.7 Å². The SMILES string of the molecule is c1c(C2CCNC2)cc2ccn3c2c1CCC3. The molecule has 0 amide bonds. The Balaban J connectivity index is 1.90. The van der Waals surface area contributed by atoms with Crippen molar-refractivity contribution in [3.05, 3.63) is 35.5 Å². The van der Waals surface area contributed by atoms with Gasteiger partial charge in [0, 0.05) is 24.7 Å². The molecule has 1 aromatic heterocycles. The second kappa shape index (κ2) is 3.61. The summed E-state index contributed by atoms with van der Waals surface area (Å²) in [6.45, 7) is 3.53. The van der Waals surface area contributed by atoms with Gasteiger partial charge in [-0.1, -0.05) is 6.07 Å². The van der Waals surface area contributed by atoms with Crippen LogP contribution in [0.3, 0.4) is 0 Å². The van der Waals surface area contributed by atoms with Crippen LogP contribution in [0, 0.1) is 0 Å². The third kappa shape index (κ3) is 1.44. The highest BCUT2D eigenvalue weighted by Gasteiger charge is 2.20. The molecular formula is C15H18N2. The molecule has 4 rings (SSSR count). The molecule has 2 aromatic rings. The highest BCUT2D eigenvalue weighted by atomic mass is 15.0. The summed E-state index contributed by atoms with van der Waals surface area (Å²) in [7, 11) is 0. The van der Waals surface area contributed by atoms with Gasteiger partial charge in [-0.15, -0.1) is 0 Å². The molecule has 2 nitrogen and oxygen atoms in total. The minimum atomic E-state index is 0.737. The summed E-state index contributed by atoms with van der Waals surface area (Å²) >= 11 is 0. The fourth-order valence-corrected chi connectivity index (χ4v) is 3.46. The second-order valence-electron chi connectivity index (χ2n) is 5.42. The average molecular weight is 226 g/mol. The molecule has 1 N–H and O–H groups in total. The molecule has 1 fully saturated rings. The lowest BCUT2D eigenvalue weighted by Crippen LogP contribution is -2.10. The summed E-state index contributed by atoms with van der Waals surface area (Å²) < 4.78 is 2.42. The molecule has 88 valence electrons. The lowest BCUT2D eigenvalue weighted by atomic mass is 9.92. The van der Waals surface area contributed by atoms with Gasteiger partial charge in [-0.3, -0.25) is 0 Å². The molecule has 2 aliphatic heterocycles. The van der Waals surface area contributed by atoms with Crippen LogP contribution in [0.15, 0.2) is 24.4 Å². The van der Waals surface area contributed by atoms with Crippen LogP contribution in [0.25, 0.3) is 10.9 Å². The maximum atomic E-state index is 3.47. The summed E-state index contributed by atoms with van der Waals surface area (Å²) in [5.41, 5.74) is 4.61. The Kier molecular flexibility index (Phi) is 2.06. The van der Waals surface area contributed by atoms with Gasteiger partial charge < -0.3 is 9.88 Å². The average Bonchev–Trinajstić information content (AvgIpc) is 2.99. The minimum absolute atomic E-state index is 0.737. The van der Waals surface area contributed by atoms with Crippen LogP contribution >= 0.6 is 0 Å². The van der Waals surface area contributed by atoms with Crippen molar-refractivity contribution >= 4 is 10.9 Å². The van der Waals surface area contributed by atoms with Crippen LogP contribution in [0.1, 0.15) is 29.9 Å². The highest BCUT2D eigenvalue weighted by Crippen LogP contribution is 2.32. The zero-order valence-electron chi connectivity index (χ0n) is 10.1. The first-order valence-corrected chi connectivity index (χ1v) is 6.74. The van der Waals surface area contributed by atoms with E-state index in [9.17, 15) is 0 Å². The molecular weight excluding hydrogens is 208 g/mol. The van der Waals surface area contributed by atoms with E-state index in [-0.39, 0.29) is 0 Å². The first kappa shape index (κ1) is 9.72. The first-order chi connectivity index (χ1) is 8.42. The summed E-state index contributed by atoms with van der Waals surface area (Å²) in [6.07, 6.45) is 6.10. The van der Waals surface area contributed by atoms with Crippen LogP contribution < -0.4 is 5.32 Å². The van der Waals surface area contributed by atoms with E-state index in [0.29, 0.717) is 0 Å². The molecule has 1 saturated heterocycles. The summed E-state index contributed by atoms with van der Waals surface area (Å²) in [5, 5.41) is 4.92. The number of aryl methyl sites for hydroxylation is 2. The number of hydrogen-bond donors (Lipinski definition) is 1. The third-order valence-electron chi connectivity index (χ3n) is 4.34. The van der Waals surface area contributed by atoms with Gasteiger partial charge in [-0.2, -0.15) is 0 Å². The number of rotatable bonds is 1. The molecule has 3 heterocycles. The standard InChI is InChI=1S/C15H18N2/c1-2-11-8-14(13-3-5-16-10-13)9-12-4-7-17(6-1)15(11)12/h4,7-9,13,16H,1-3,5-6,10H2. The van der Waals surface area contributed by atoms with Crippen LogP contribution in [0.4, 0.5) is 0 Å². The monoisotopic (exact) mass is 226 g/mol. The normalized spacial score (nSPS) is 23.4. The lowest BCUT2D eigenvalue weighted by Gasteiger charge is -2.18.